The summed E-state index contributed by atoms with van der Waals surface area (Å²) in [5.74, 6) is -0.0879. The Morgan fingerprint density at radius 3 is 2.20 bits per heavy atom. The summed E-state index contributed by atoms with van der Waals surface area (Å²) < 4.78 is 0. The van der Waals surface area contributed by atoms with Crippen molar-refractivity contribution in [1.82, 2.24) is 9.80 Å². The van der Waals surface area contributed by atoms with E-state index >= 15 is 0 Å². The van der Waals surface area contributed by atoms with Crippen LogP contribution in [0.25, 0.3) is 6.08 Å². The molecule has 0 spiro atoms. The maximum Gasteiger partial charge on any atom is 0.256 e. The normalized spacial score (nSPS) is 15.7. The molecule has 2 aromatic rings. The second kappa shape index (κ2) is 8.52. The number of benzene rings is 2. The highest BCUT2D eigenvalue weighted by atomic mass is 35.5. The van der Waals surface area contributed by atoms with E-state index in [1.807, 2.05) is 23.1 Å². The molecule has 25 heavy (non-hydrogen) atoms. The molecule has 130 valence electrons. The van der Waals surface area contributed by atoms with Crippen molar-refractivity contribution in [3.8, 4) is 0 Å². The fraction of sp³-hybridized carbons (Fsp3) is 0.250. The number of piperazine rings is 1. The van der Waals surface area contributed by atoms with Gasteiger partial charge >= 0.3 is 0 Å². The first-order chi connectivity index (χ1) is 12.1. The predicted molar refractivity (Wildman–Crippen MR) is 104 cm³/mol. The molecule has 1 amide bonds. The first-order valence-corrected chi connectivity index (χ1v) is 9.08. The van der Waals surface area contributed by atoms with Gasteiger partial charge in [-0.25, -0.2) is 0 Å². The third kappa shape index (κ3) is 4.63. The average Bonchev–Trinajstić information content (AvgIpc) is 2.63. The van der Waals surface area contributed by atoms with Gasteiger partial charge in [0, 0.05) is 32.7 Å². The van der Waals surface area contributed by atoms with Crippen molar-refractivity contribution in [3.05, 3.63) is 75.8 Å². The quantitative estimate of drug-likeness (QED) is 0.788. The van der Waals surface area contributed by atoms with Crippen LogP contribution in [0.3, 0.4) is 0 Å². The highest BCUT2D eigenvalue weighted by Crippen LogP contribution is 2.26. The van der Waals surface area contributed by atoms with E-state index in [0.717, 1.165) is 19.6 Å². The zero-order valence-corrected chi connectivity index (χ0v) is 15.4. The number of hydrogen-bond acceptors (Lipinski definition) is 2. The summed E-state index contributed by atoms with van der Waals surface area (Å²) in [6, 6.07) is 15.4. The van der Waals surface area contributed by atoms with Crippen LogP contribution in [-0.2, 0) is 0 Å². The molecule has 1 aliphatic heterocycles. The fourth-order valence-corrected chi connectivity index (χ4v) is 3.45. The van der Waals surface area contributed by atoms with Crippen LogP contribution in [0.5, 0.6) is 0 Å². The van der Waals surface area contributed by atoms with Crippen molar-refractivity contribution in [2.45, 2.75) is 0 Å². The average molecular weight is 375 g/mol. The van der Waals surface area contributed by atoms with Gasteiger partial charge in [-0.2, -0.15) is 0 Å². The molecule has 0 atom stereocenters. The molecule has 0 aliphatic carbocycles. The predicted octanol–water partition coefficient (Wildman–Crippen LogP) is 4.46. The van der Waals surface area contributed by atoms with Gasteiger partial charge in [0.2, 0.25) is 0 Å². The molecule has 3 nitrogen and oxygen atoms in total. The van der Waals surface area contributed by atoms with Gasteiger partial charge in [-0.05, 0) is 17.7 Å². The van der Waals surface area contributed by atoms with Gasteiger partial charge in [0.15, 0.2) is 0 Å². The summed E-state index contributed by atoms with van der Waals surface area (Å²) in [6.07, 6.45) is 4.29. The Labute approximate surface area is 158 Å². The van der Waals surface area contributed by atoms with Gasteiger partial charge in [-0.15, -0.1) is 0 Å². The number of hydrogen-bond donors (Lipinski definition) is 0. The zero-order valence-electron chi connectivity index (χ0n) is 13.9. The second-order valence-corrected chi connectivity index (χ2v) is 6.82. The molecule has 0 N–H and O–H groups in total. The first-order valence-electron chi connectivity index (χ1n) is 8.32. The third-order valence-corrected chi connectivity index (χ3v) is 4.94. The molecule has 3 rings (SSSR count). The van der Waals surface area contributed by atoms with E-state index in [4.69, 9.17) is 23.2 Å². The molecule has 1 heterocycles. The van der Waals surface area contributed by atoms with Crippen LogP contribution in [-0.4, -0.2) is 48.4 Å². The first kappa shape index (κ1) is 18.0. The largest absolute Gasteiger partial charge is 0.336 e. The van der Waals surface area contributed by atoms with Crippen molar-refractivity contribution in [1.29, 1.82) is 0 Å². The van der Waals surface area contributed by atoms with E-state index in [-0.39, 0.29) is 5.91 Å². The number of rotatable bonds is 4. The number of carbonyl (C=O) groups excluding carboxylic acids is 1. The molecular formula is C20H20Cl2N2O. The Bertz CT molecular complexity index is 733. The summed E-state index contributed by atoms with van der Waals surface area (Å²) in [7, 11) is 0. The van der Waals surface area contributed by atoms with E-state index in [1.165, 1.54) is 5.56 Å². The monoisotopic (exact) mass is 374 g/mol. The van der Waals surface area contributed by atoms with Crippen LogP contribution >= 0.6 is 23.2 Å². The lowest BCUT2D eigenvalue weighted by Gasteiger charge is -2.34. The van der Waals surface area contributed by atoms with E-state index in [1.54, 1.807) is 18.2 Å². The minimum atomic E-state index is -0.0879. The SMILES string of the molecule is O=C(c1c(Cl)cccc1Cl)N1CCN(C/C=C/c2ccccc2)CC1. The molecule has 0 aromatic heterocycles. The molecular weight excluding hydrogens is 355 g/mol. The van der Waals surface area contributed by atoms with E-state index in [0.29, 0.717) is 28.7 Å². The van der Waals surface area contributed by atoms with E-state index in [9.17, 15) is 4.79 Å². The molecule has 2 aromatic carbocycles. The van der Waals surface area contributed by atoms with Crippen LogP contribution in [0.15, 0.2) is 54.6 Å². The summed E-state index contributed by atoms with van der Waals surface area (Å²) in [4.78, 5) is 16.8. The molecule has 1 saturated heterocycles. The van der Waals surface area contributed by atoms with Gasteiger partial charge in [0.1, 0.15) is 0 Å². The van der Waals surface area contributed by atoms with E-state index < -0.39 is 0 Å². The Morgan fingerprint density at radius 2 is 1.56 bits per heavy atom. The summed E-state index contributed by atoms with van der Waals surface area (Å²) in [6.45, 7) is 3.92. The van der Waals surface area contributed by atoms with Crippen molar-refractivity contribution in [2.75, 3.05) is 32.7 Å². The van der Waals surface area contributed by atoms with Gasteiger partial charge in [0.25, 0.3) is 5.91 Å². The third-order valence-electron chi connectivity index (χ3n) is 4.31. The Balaban J connectivity index is 1.53. The van der Waals surface area contributed by atoms with Crippen LogP contribution in [0.1, 0.15) is 15.9 Å². The van der Waals surface area contributed by atoms with Crippen molar-refractivity contribution >= 4 is 35.2 Å². The smallest absolute Gasteiger partial charge is 0.256 e. The Morgan fingerprint density at radius 1 is 0.920 bits per heavy atom. The maximum atomic E-state index is 12.7. The van der Waals surface area contributed by atoms with Gasteiger partial charge in [0.05, 0.1) is 15.6 Å². The number of nitrogens with zero attached hydrogens (tertiary/aromatic N) is 2. The molecule has 5 heteroatoms. The fourth-order valence-electron chi connectivity index (χ4n) is 2.90. The van der Waals surface area contributed by atoms with Crippen molar-refractivity contribution in [2.24, 2.45) is 0 Å². The standard InChI is InChI=1S/C20H20Cl2N2O/c21-17-9-4-10-18(22)19(17)20(25)24-14-12-23(13-15-24)11-5-8-16-6-2-1-3-7-16/h1-10H,11-15H2/b8-5+. The molecule has 1 aliphatic rings. The molecule has 0 saturated carbocycles. The number of amides is 1. The minimum absolute atomic E-state index is 0.0879. The molecule has 0 unspecified atom stereocenters. The highest BCUT2D eigenvalue weighted by Gasteiger charge is 2.24. The zero-order chi connectivity index (χ0) is 17.6. The van der Waals surface area contributed by atoms with Gasteiger partial charge in [-0.1, -0.05) is 71.8 Å². The van der Waals surface area contributed by atoms with Crippen LogP contribution in [0.4, 0.5) is 0 Å². The van der Waals surface area contributed by atoms with Crippen LogP contribution in [0, 0.1) is 0 Å². The van der Waals surface area contributed by atoms with E-state index in [2.05, 4.69) is 29.2 Å². The minimum Gasteiger partial charge on any atom is -0.336 e. The lowest BCUT2D eigenvalue weighted by molar-refractivity contribution is 0.0650. The lowest BCUT2D eigenvalue weighted by Crippen LogP contribution is -2.48. The van der Waals surface area contributed by atoms with Crippen molar-refractivity contribution < 1.29 is 4.79 Å². The van der Waals surface area contributed by atoms with Gasteiger partial charge in [-0.3, -0.25) is 9.69 Å². The molecule has 0 bridgehead atoms. The lowest BCUT2D eigenvalue weighted by atomic mass is 10.1. The number of carbonyl (C=O) groups is 1. The highest BCUT2D eigenvalue weighted by molar-refractivity contribution is 6.39. The van der Waals surface area contributed by atoms with Crippen LogP contribution in [0.2, 0.25) is 10.0 Å². The Hall–Kier alpha value is -1.81. The summed E-state index contributed by atoms with van der Waals surface area (Å²) >= 11 is 12.3. The van der Waals surface area contributed by atoms with Crippen molar-refractivity contribution in [3.63, 3.8) is 0 Å². The summed E-state index contributed by atoms with van der Waals surface area (Å²) in [5, 5.41) is 0.816. The second-order valence-electron chi connectivity index (χ2n) is 6.00. The molecule has 0 radical (unpaired) electrons. The maximum absolute atomic E-state index is 12.7. The number of halogens is 2. The Kier molecular flexibility index (Phi) is 6.14. The molecule has 1 fully saturated rings. The van der Waals surface area contributed by atoms with Gasteiger partial charge < -0.3 is 4.90 Å². The topological polar surface area (TPSA) is 23.6 Å². The van der Waals surface area contributed by atoms with Crippen LogP contribution < -0.4 is 0 Å². The summed E-state index contributed by atoms with van der Waals surface area (Å²) in [5.41, 5.74) is 1.60.